The molecule has 0 aromatic heterocycles. The van der Waals surface area contributed by atoms with Crippen molar-refractivity contribution in [2.45, 2.75) is 6.92 Å². The van der Waals surface area contributed by atoms with Crippen LogP contribution in [0.1, 0.15) is 6.92 Å². The van der Waals surface area contributed by atoms with Gasteiger partial charge in [0.15, 0.2) is 0 Å². The van der Waals surface area contributed by atoms with Crippen LogP contribution in [0.2, 0.25) is 0 Å². The molecule has 0 amide bonds. The second-order valence-electron chi connectivity index (χ2n) is 1.36. The predicted octanol–water partition coefficient (Wildman–Crippen LogP) is 1.94. The van der Waals surface area contributed by atoms with E-state index in [9.17, 15) is 4.39 Å². The fraction of sp³-hybridized carbons (Fsp3) is 0.167. The maximum atomic E-state index is 11.9. The molecule has 0 heterocycles. The molecule has 42 valence electrons. The summed E-state index contributed by atoms with van der Waals surface area (Å²) >= 11 is 0. The largest absolute Gasteiger partial charge is 0.207 e. The zero-order valence-corrected chi connectivity index (χ0v) is 4.61. The van der Waals surface area contributed by atoms with Gasteiger partial charge >= 0.3 is 0 Å². The monoisotopic (exact) mass is 111 g/mol. The van der Waals surface area contributed by atoms with Gasteiger partial charge in [0.1, 0.15) is 5.83 Å². The average Bonchev–Trinajstić information content (AvgIpc) is 1.67. The Labute approximate surface area is 47.7 Å². The number of halogens is 1. The van der Waals surface area contributed by atoms with E-state index in [1.807, 2.05) is 0 Å². The molecule has 8 heavy (non-hydrogen) atoms. The summed E-state index contributed by atoms with van der Waals surface area (Å²) in [6.07, 6.45) is 1.11. The van der Waals surface area contributed by atoms with Crippen molar-refractivity contribution in [2.75, 3.05) is 0 Å². The molecular formula is C6H6FN. The highest BCUT2D eigenvalue weighted by Crippen LogP contribution is 2.05. The highest BCUT2D eigenvalue weighted by atomic mass is 19.1. The third-order valence-corrected chi connectivity index (χ3v) is 0.709. The van der Waals surface area contributed by atoms with Crippen molar-refractivity contribution in [3.05, 3.63) is 24.1 Å². The van der Waals surface area contributed by atoms with E-state index in [1.165, 1.54) is 6.92 Å². The van der Waals surface area contributed by atoms with Crippen LogP contribution in [0.4, 0.5) is 4.39 Å². The lowest BCUT2D eigenvalue weighted by molar-refractivity contribution is 0.656. The molecule has 0 saturated heterocycles. The lowest BCUT2D eigenvalue weighted by atomic mass is 10.3. The van der Waals surface area contributed by atoms with E-state index in [-0.39, 0.29) is 5.57 Å². The second kappa shape index (κ2) is 2.98. The molecule has 0 aliphatic heterocycles. The van der Waals surface area contributed by atoms with Crippen LogP contribution in [-0.2, 0) is 0 Å². The van der Waals surface area contributed by atoms with E-state index in [0.29, 0.717) is 0 Å². The van der Waals surface area contributed by atoms with Gasteiger partial charge in [0.2, 0.25) is 0 Å². The molecule has 0 saturated carbocycles. The summed E-state index contributed by atoms with van der Waals surface area (Å²) in [6, 6.07) is 1.69. The van der Waals surface area contributed by atoms with Gasteiger partial charge in [-0.05, 0) is 12.5 Å². The van der Waals surface area contributed by atoms with Gasteiger partial charge in [-0.2, -0.15) is 5.26 Å². The SMILES string of the molecule is C=C(F)/C(C)=C/C#N. The molecule has 0 unspecified atom stereocenters. The van der Waals surface area contributed by atoms with Crippen LogP contribution >= 0.6 is 0 Å². The molecule has 0 spiro atoms. The van der Waals surface area contributed by atoms with Gasteiger partial charge in [-0.15, -0.1) is 0 Å². The Kier molecular flexibility index (Phi) is 2.57. The van der Waals surface area contributed by atoms with E-state index in [0.717, 1.165) is 6.08 Å². The van der Waals surface area contributed by atoms with Crippen molar-refractivity contribution < 1.29 is 4.39 Å². The van der Waals surface area contributed by atoms with Crippen LogP contribution in [0, 0.1) is 11.3 Å². The first-order chi connectivity index (χ1) is 3.68. The third kappa shape index (κ3) is 2.14. The number of rotatable bonds is 1. The highest BCUT2D eigenvalue weighted by Gasteiger charge is 1.89. The Morgan fingerprint density at radius 3 is 2.50 bits per heavy atom. The van der Waals surface area contributed by atoms with Gasteiger partial charge in [0.25, 0.3) is 0 Å². The van der Waals surface area contributed by atoms with E-state index in [1.54, 1.807) is 6.07 Å². The van der Waals surface area contributed by atoms with Crippen LogP contribution in [0.5, 0.6) is 0 Å². The smallest absolute Gasteiger partial charge is 0.119 e. The molecule has 0 rings (SSSR count). The minimum absolute atomic E-state index is 0.285. The van der Waals surface area contributed by atoms with E-state index in [2.05, 4.69) is 6.58 Å². The van der Waals surface area contributed by atoms with Crippen molar-refractivity contribution in [3.8, 4) is 6.07 Å². The van der Waals surface area contributed by atoms with Gasteiger partial charge in [0.05, 0.1) is 6.07 Å². The van der Waals surface area contributed by atoms with E-state index in [4.69, 9.17) is 5.26 Å². The second-order valence-corrected chi connectivity index (χ2v) is 1.36. The molecule has 0 aliphatic carbocycles. The van der Waals surface area contributed by atoms with Crippen LogP contribution in [0.15, 0.2) is 24.1 Å². The van der Waals surface area contributed by atoms with E-state index >= 15 is 0 Å². The van der Waals surface area contributed by atoms with Crippen LogP contribution in [0.3, 0.4) is 0 Å². The highest BCUT2D eigenvalue weighted by molar-refractivity contribution is 5.25. The first-order valence-corrected chi connectivity index (χ1v) is 2.09. The average molecular weight is 111 g/mol. The van der Waals surface area contributed by atoms with Crippen molar-refractivity contribution in [1.29, 1.82) is 5.26 Å². The fourth-order valence-electron chi connectivity index (χ4n) is 0.175. The Bertz CT molecular complexity index is 162. The van der Waals surface area contributed by atoms with Crippen LogP contribution < -0.4 is 0 Å². The fourth-order valence-corrected chi connectivity index (χ4v) is 0.175. The standard InChI is InChI=1S/C6H6FN/c1-5(3-4-8)6(2)7/h3H,2H2,1H3/b5-3+. The van der Waals surface area contributed by atoms with E-state index < -0.39 is 5.83 Å². The predicted molar refractivity (Wildman–Crippen MR) is 29.6 cm³/mol. The lowest BCUT2D eigenvalue weighted by Gasteiger charge is -1.85. The maximum absolute atomic E-state index is 11.9. The van der Waals surface area contributed by atoms with Gasteiger partial charge < -0.3 is 0 Å². The summed E-state index contributed by atoms with van der Waals surface area (Å²) in [5, 5.41) is 7.95. The molecule has 1 nitrogen and oxygen atoms in total. The third-order valence-electron chi connectivity index (χ3n) is 0.709. The van der Waals surface area contributed by atoms with Gasteiger partial charge in [0, 0.05) is 6.08 Å². The molecule has 0 atom stereocenters. The summed E-state index contributed by atoms with van der Waals surface area (Å²) < 4.78 is 11.9. The van der Waals surface area contributed by atoms with Crippen molar-refractivity contribution in [3.63, 3.8) is 0 Å². The minimum atomic E-state index is -0.549. The van der Waals surface area contributed by atoms with Crippen molar-refractivity contribution >= 4 is 0 Å². The number of allylic oxidation sites excluding steroid dienone is 3. The Morgan fingerprint density at radius 2 is 2.38 bits per heavy atom. The lowest BCUT2D eigenvalue weighted by Crippen LogP contribution is -1.70. The summed E-state index contributed by atoms with van der Waals surface area (Å²) in [5.74, 6) is -0.549. The van der Waals surface area contributed by atoms with Crippen LogP contribution in [-0.4, -0.2) is 0 Å². The molecule has 0 bridgehead atoms. The molecule has 2 heteroatoms. The molecule has 0 radical (unpaired) electrons. The van der Waals surface area contributed by atoms with Crippen molar-refractivity contribution in [2.24, 2.45) is 0 Å². The van der Waals surface area contributed by atoms with Gasteiger partial charge in [-0.1, -0.05) is 6.58 Å². The molecule has 0 aliphatic rings. The number of nitrogens with zero attached hydrogens (tertiary/aromatic N) is 1. The summed E-state index contributed by atoms with van der Waals surface area (Å²) in [6.45, 7) is 4.48. The molecule has 0 fully saturated rings. The molecule has 0 N–H and O–H groups in total. The normalized spacial score (nSPS) is 10.4. The maximum Gasteiger partial charge on any atom is 0.119 e. The number of nitriles is 1. The Hall–Kier alpha value is -1.10. The molecule has 0 aromatic carbocycles. The van der Waals surface area contributed by atoms with Gasteiger partial charge in [-0.3, -0.25) is 0 Å². The number of hydrogen-bond acceptors (Lipinski definition) is 1. The summed E-state index contributed by atoms with van der Waals surface area (Å²) in [5.41, 5.74) is 0.285. The Morgan fingerprint density at radius 1 is 1.88 bits per heavy atom. The first-order valence-electron chi connectivity index (χ1n) is 2.09. The zero-order valence-electron chi connectivity index (χ0n) is 4.61. The van der Waals surface area contributed by atoms with Gasteiger partial charge in [-0.25, -0.2) is 4.39 Å². The zero-order chi connectivity index (χ0) is 6.57. The topological polar surface area (TPSA) is 23.8 Å². The van der Waals surface area contributed by atoms with Crippen LogP contribution in [0.25, 0.3) is 0 Å². The summed E-state index contributed by atoms with van der Waals surface area (Å²) in [7, 11) is 0. The first kappa shape index (κ1) is 6.90. The molecule has 0 aromatic rings. The minimum Gasteiger partial charge on any atom is -0.207 e. The quantitative estimate of drug-likeness (QED) is 0.374. The molecular weight excluding hydrogens is 105 g/mol. The number of hydrogen-bond donors (Lipinski definition) is 0. The van der Waals surface area contributed by atoms with Crippen molar-refractivity contribution in [1.82, 2.24) is 0 Å². The summed E-state index contributed by atoms with van der Waals surface area (Å²) in [4.78, 5) is 0. The Balaban J connectivity index is 4.06.